The van der Waals surface area contributed by atoms with Gasteiger partial charge in [0.2, 0.25) is 5.91 Å². The van der Waals surface area contributed by atoms with E-state index >= 15 is 0 Å². The first-order valence-corrected chi connectivity index (χ1v) is 8.53. The second-order valence-electron chi connectivity index (χ2n) is 6.52. The predicted octanol–water partition coefficient (Wildman–Crippen LogP) is 1.13. The highest BCUT2D eigenvalue weighted by Gasteiger charge is 2.22. The summed E-state index contributed by atoms with van der Waals surface area (Å²) in [6.07, 6.45) is 2.43. The molecule has 136 valence electrons. The molecule has 2 rings (SSSR count). The molecule has 1 fully saturated rings. The SMILES string of the molecule is Cc1ccc(NC(=O)C(=O)NCCN(C)C)cc1N1CCCCC1=O. The Morgan fingerprint density at radius 1 is 1.20 bits per heavy atom. The van der Waals surface area contributed by atoms with E-state index in [1.165, 1.54) is 0 Å². The maximum Gasteiger partial charge on any atom is 0.313 e. The normalized spacial score (nSPS) is 14.6. The summed E-state index contributed by atoms with van der Waals surface area (Å²) in [5, 5.41) is 5.17. The Labute approximate surface area is 148 Å². The van der Waals surface area contributed by atoms with E-state index in [0.717, 1.165) is 24.1 Å². The number of hydrogen-bond donors (Lipinski definition) is 2. The summed E-state index contributed by atoms with van der Waals surface area (Å²) < 4.78 is 0. The van der Waals surface area contributed by atoms with Crippen molar-refractivity contribution < 1.29 is 14.4 Å². The summed E-state index contributed by atoms with van der Waals surface area (Å²) in [5.74, 6) is -1.28. The van der Waals surface area contributed by atoms with Crippen molar-refractivity contribution in [3.8, 4) is 0 Å². The number of nitrogens with zero attached hydrogens (tertiary/aromatic N) is 2. The van der Waals surface area contributed by atoms with Gasteiger partial charge in [0.05, 0.1) is 0 Å². The maximum absolute atomic E-state index is 12.1. The smallest absolute Gasteiger partial charge is 0.313 e. The fourth-order valence-corrected chi connectivity index (χ4v) is 2.70. The van der Waals surface area contributed by atoms with Gasteiger partial charge in [-0.15, -0.1) is 0 Å². The first kappa shape index (κ1) is 18.9. The second kappa shape index (κ2) is 8.62. The molecule has 2 N–H and O–H groups in total. The monoisotopic (exact) mass is 346 g/mol. The van der Waals surface area contributed by atoms with Crippen LogP contribution < -0.4 is 15.5 Å². The standard InChI is InChI=1S/C18H26N4O3/c1-13-7-8-14(12-15(13)22-10-5-4-6-16(22)23)20-18(25)17(24)19-9-11-21(2)3/h7-8,12H,4-6,9-11H2,1-3H3,(H,19,24)(H,20,25). The van der Waals surface area contributed by atoms with Gasteiger partial charge in [0.15, 0.2) is 0 Å². The van der Waals surface area contributed by atoms with E-state index < -0.39 is 11.8 Å². The number of carbonyl (C=O) groups is 3. The highest BCUT2D eigenvalue weighted by atomic mass is 16.2. The Bertz CT molecular complexity index is 658. The molecule has 0 aliphatic carbocycles. The minimum Gasteiger partial charge on any atom is -0.347 e. The van der Waals surface area contributed by atoms with Crippen molar-refractivity contribution in [2.24, 2.45) is 0 Å². The van der Waals surface area contributed by atoms with Gasteiger partial charge in [0.25, 0.3) is 0 Å². The zero-order valence-electron chi connectivity index (χ0n) is 15.1. The van der Waals surface area contributed by atoms with Crippen LogP contribution in [0.15, 0.2) is 18.2 Å². The van der Waals surface area contributed by atoms with Crippen LogP contribution in [0.1, 0.15) is 24.8 Å². The number of likely N-dealkylation sites (N-methyl/N-ethyl adjacent to an activating group) is 1. The third-order valence-electron chi connectivity index (χ3n) is 4.13. The lowest BCUT2D eigenvalue weighted by atomic mass is 10.1. The molecular weight excluding hydrogens is 320 g/mol. The molecule has 0 radical (unpaired) electrons. The van der Waals surface area contributed by atoms with E-state index in [-0.39, 0.29) is 5.91 Å². The molecule has 0 atom stereocenters. The molecule has 0 unspecified atom stereocenters. The third kappa shape index (κ3) is 5.29. The third-order valence-corrected chi connectivity index (χ3v) is 4.13. The second-order valence-corrected chi connectivity index (χ2v) is 6.52. The minimum absolute atomic E-state index is 0.0965. The summed E-state index contributed by atoms with van der Waals surface area (Å²) in [6.45, 7) is 3.67. The van der Waals surface area contributed by atoms with Crippen LogP contribution in [-0.4, -0.2) is 56.4 Å². The number of aryl methyl sites for hydroxylation is 1. The Morgan fingerprint density at radius 3 is 2.64 bits per heavy atom. The molecule has 0 saturated carbocycles. The Morgan fingerprint density at radius 2 is 1.96 bits per heavy atom. The molecular formula is C18H26N4O3. The first-order valence-electron chi connectivity index (χ1n) is 8.53. The van der Waals surface area contributed by atoms with Crippen molar-refractivity contribution in [2.45, 2.75) is 26.2 Å². The summed E-state index contributed by atoms with van der Waals surface area (Å²) >= 11 is 0. The van der Waals surface area contributed by atoms with E-state index in [9.17, 15) is 14.4 Å². The molecule has 1 heterocycles. The zero-order chi connectivity index (χ0) is 18.4. The van der Waals surface area contributed by atoms with Crippen molar-refractivity contribution in [3.63, 3.8) is 0 Å². The van der Waals surface area contributed by atoms with Crippen LogP contribution in [0.5, 0.6) is 0 Å². The summed E-state index contributed by atoms with van der Waals surface area (Å²) in [7, 11) is 3.78. The summed E-state index contributed by atoms with van der Waals surface area (Å²) in [4.78, 5) is 39.6. The zero-order valence-corrected chi connectivity index (χ0v) is 15.1. The van der Waals surface area contributed by atoms with Crippen LogP contribution in [0.3, 0.4) is 0 Å². The van der Waals surface area contributed by atoms with E-state index in [1.807, 2.05) is 32.0 Å². The molecule has 25 heavy (non-hydrogen) atoms. The van der Waals surface area contributed by atoms with Gasteiger partial charge < -0.3 is 20.4 Å². The Balaban J connectivity index is 2.02. The number of rotatable bonds is 5. The van der Waals surface area contributed by atoms with Gasteiger partial charge in [-0.05, 0) is 51.6 Å². The van der Waals surface area contributed by atoms with E-state index in [0.29, 0.717) is 31.7 Å². The van der Waals surface area contributed by atoms with Gasteiger partial charge in [0.1, 0.15) is 0 Å². The van der Waals surface area contributed by atoms with E-state index in [2.05, 4.69) is 10.6 Å². The van der Waals surface area contributed by atoms with Crippen LogP contribution >= 0.6 is 0 Å². The average Bonchev–Trinajstić information content (AvgIpc) is 2.56. The fraction of sp³-hybridized carbons (Fsp3) is 0.500. The molecule has 1 saturated heterocycles. The lowest BCUT2D eigenvalue weighted by Gasteiger charge is -2.28. The molecule has 1 aromatic carbocycles. The number of hydrogen-bond acceptors (Lipinski definition) is 4. The minimum atomic E-state index is -0.710. The Hall–Kier alpha value is -2.41. The summed E-state index contributed by atoms with van der Waals surface area (Å²) in [6, 6.07) is 5.33. The molecule has 1 aromatic rings. The number of benzene rings is 1. The molecule has 7 heteroatoms. The highest BCUT2D eigenvalue weighted by molar-refractivity contribution is 6.39. The molecule has 1 aliphatic heterocycles. The largest absolute Gasteiger partial charge is 0.347 e. The van der Waals surface area contributed by atoms with Crippen molar-refractivity contribution in [1.29, 1.82) is 0 Å². The topological polar surface area (TPSA) is 81.8 Å². The fourth-order valence-electron chi connectivity index (χ4n) is 2.70. The van der Waals surface area contributed by atoms with Gasteiger partial charge in [-0.25, -0.2) is 0 Å². The van der Waals surface area contributed by atoms with Gasteiger partial charge in [-0.1, -0.05) is 6.07 Å². The highest BCUT2D eigenvalue weighted by Crippen LogP contribution is 2.27. The molecule has 0 spiro atoms. The van der Waals surface area contributed by atoms with E-state index in [1.54, 1.807) is 17.0 Å². The number of nitrogens with one attached hydrogen (secondary N) is 2. The van der Waals surface area contributed by atoms with Gasteiger partial charge in [-0.3, -0.25) is 14.4 Å². The Kier molecular flexibility index (Phi) is 6.52. The molecule has 3 amide bonds. The molecule has 0 aromatic heterocycles. The predicted molar refractivity (Wildman–Crippen MR) is 97.6 cm³/mol. The van der Waals surface area contributed by atoms with E-state index in [4.69, 9.17) is 0 Å². The molecule has 1 aliphatic rings. The van der Waals surface area contributed by atoms with Crippen molar-refractivity contribution in [1.82, 2.24) is 10.2 Å². The van der Waals surface area contributed by atoms with Gasteiger partial charge in [-0.2, -0.15) is 0 Å². The van der Waals surface area contributed by atoms with Gasteiger partial charge >= 0.3 is 11.8 Å². The molecule has 7 nitrogen and oxygen atoms in total. The van der Waals surface area contributed by atoms with Crippen molar-refractivity contribution >= 4 is 29.1 Å². The van der Waals surface area contributed by atoms with Crippen LogP contribution in [0.4, 0.5) is 11.4 Å². The summed E-state index contributed by atoms with van der Waals surface area (Å²) in [5.41, 5.74) is 2.26. The number of piperidine rings is 1. The van der Waals surface area contributed by atoms with Crippen LogP contribution in [0.25, 0.3) is 0 Å². The average molecular weight is 346 g/mol. The number of carbonyl (C=O) groups excluding carboxylic acids is 3. The molecule has 0 bridgehead atoms. The van der Waals surface area contributed by atoms with Gasteiger partial charge in [0, 0.05) is 37.4 Å². The van der Waals surface area contributed by atoms with Crippen molar-refractivity contribution in [2.75, 3.05) is 43.9 Å². The van der Waals surface area contributed by atoms with Crippen LogP contribution in [0.2, 0.25) is 0 Å². The quantitative estimate of drug-likeness (QED) is 0.783. The maximum atomic E-state index is 12.1. The number of amides is 3. The first-order chi connectivity index (χ1) is 11.9. The van der Waals surface area contributed by atoms with Crippen molar-refractivity contribution in [3.05, 3.63) is 23.8 Å². The van der Waals surface area contributed by atoms with Crippen LogP contribution in [-0.2, 0) is 14.4 Å². The lowest BCUT2D eigenvalue weighted by molar-refractivity contribution is -0.136. The number of anilines is 2. The van der Waals surface area contributed by atoms with Crippen LogP contribution in [0, 0.1) is 6.92 Å². The lowest BCUT2D eigenvalue weighted by Crippen LogP contribution is -2.39.